The third-order valence-electron chi connectivity index (χ3n) is 5.04. The summed E-state index contributed by atoms with van der Waals surface area (Å²) in [6.07, 6.45) is 4.41. The Hall–Kier alpha value is -1.40. The van der Waals surface area contributed by atoms with Crippen molar-refractivity contribution in [2.24, 2.45) is 5.41 Å². The summed E-state index contributed by atoms with van der Waals surface area (Å²) >= 11 is 0. The highest BCUT2D eigenvalue weighted by atomic mass is 32.2. The average molecular weight is 323 g/mol. The lowest BCUT2D eigenvalue weighted by molar-refractivity contribution is -0.140. The fraction of sp³-hybridized carbons (Fsp3) is 0.562. The van der Waals surface area contributed by atoms with Gasteiger partial charge in [-0.05, 0) is 43.7 Å². The van der Waals surface area contributed by atoms with Gasteiger partial charge in [0.05, 0.1) is 4.90 Å². The Labute approximate surface area is 131 Å². The van der Waals surface area contributed by atoms with Crippen LogP contribution in [0.15, 0.2) is 29.2 Å². The summed E-state index contributed by atoms with van der Waals surface area (Å²) in [5.41, 5.74) is 0.836. The molecule has 1 heterocycles. The van der Waals surface area contributed by atoms with E-state index in [9.17, 15) is 18.3 Å². The maximum absolute atomic E-state index is 12.9. The van der Waals surface area contributed by atoms with Gasteiger partial charge in [0, 0.05) is 6.54 Å². The van der Waals surface area contributed by atoms with E-state index >= 15 is 0 Å². The quantitative estimate of drug-likeness (QED) is 0.927. The molecule has 1 saturated carbocycles. The summed E-state index contributed by atoms with van der Waals surface area (Å²) in [6, 6.07) is 5.66. The molecule has 3 rings (SSSR count). The Morgan fingerprint density at radius 1 is 1.23 bits per heavy atom. The van der Waals surface area contributed by atoms with Crippen LogP contribution in [-0.2, 0) is 14.8 Å². The maximum atomic E-state index is 12.9. The van der Waals surface area contributed by atoms with Crippen LogP contribution in [-0.4, -0.2) is 36.4 Å². The van der Waals surface area contributed by atoms with Crippen molar-refractivity contribution in [2.75, 3.05) is 6.54 Å². The summed E-state index contributed by atoms with van der Waals surface area (Å²) in [5.74, 6) is -1.04. The summed E-state index contributed by atoms with van der Waals surface area (Å²) < 4.78 is 26.9. The first-order valence-electron chi connectivity index (χ1n) is 7.65. The second kappa shape index (κ2) is 5.35. The van der Waals surface area contributed by atoms with Crippen LogP contribution in [0.25, 0.3) is 0 Å². The molecule has 1 N–H and O–H groups in total. The molecule has 1 atom stereocenters. The van der Waals surface area contributed by atoms with E-state index in [-0.39, 0.29) is 10.3 Å². The lowest BCUT2D eigenvalue weighted by Gasteiger charge is -2.23. The largest absolute Gasteiger partial charge is 0.480 e. The van der Waals surface area contributed by atoms with Crippen molar-refractivity contribution < 1.29 is 18.3 Å². The molecule has 1 aromatic rings. The second-order valence-corrected chi connectivity index (χ2v) is 8.52. The van der Waals surface area contributed by atoms with Gasteiger partial charge in [-0.1, -0.05) is 30.5 Å². The number of carboxylic acid groups (broad SMARTS) is 1. The molecule has 0 unspecified atom stereocenters. The van der Waals surface area contributed by atoms with Gasteiger partial charge in [-0.2, -0.15) is 4.31 Å². The highest BCUT2D eigenvalue weighted by molar-refractivity contribution is 7.89. The molecular formula is C16H21NO4S. The van der Waals surface area contributed by atoms with Crippen LogP contribution in [0.1, 0.15) is 37.7 Å². The van der Waals surface area contributed by atoms with Crippen molar-refractivity contribution in [3.8, 4) is 0 Å². The predicted molar refractivity (Wildman–Crippen MR) is 82.0 cm³/mol. The van der Waals surface area contributed by atoms with E-state index in [4.69, 9.17) is 0 Å². The highest BCUT2D eigenvalue weighted by Gasteiger charge is 2.52. The van der Waals surface area contributed by atoms with Gasteiger partial charge in [-0.25, -0.2) is 8.42 Å². The first-order chi connectivity index (χ1) is 10.3. The minimum absolute atomic E-state index is 0.138. The number of nitrogens with zero attached hydrogens (tertiary/aromatic N) is 1. The molecular weight excluding hydrogens is 302 g/mol. The van der Waals surface area contributed by atoms with Crippen molar-refractivity contribution in [3.63, 3.8) is 0 Å². The first-order valence-corrected chi connectivity index (χ1v) is 9.09. The molecule has 22 heavy (non-hydrogen) atoms. The zero-order valence-electron chi connectivity index (χ0n) is 12.7. The second-order valence-electron chi connectivity index (χ2n) is 6.63. The van der Waals surface area contributed by atoms with E-state index < -0.39 is 22.0 Å². The summed E-state index contributed by atoms with van der Waals surface area (Å²) in [4.78, 5) is 11.8. The maximum Gasteiger partial charge on any atom is 0.322 e. The SMILES string of the molecule is Cc1ccc(S(=O)(=O)N2CC3(CCCC3)C[C@H]2C(=O)O)cc1. The number of benzene rings is 1. The molecule has 0 amide bonds. The molecule has 6 heteroatoms. The Balaban J connectivity index is 1.97. The van der Waals surface area contributed by atoms with Crippen molar-refractivity contribution in [2.45, 2.75) is 50.0 Å². The zero-order valence-corrected chi connectivity index (χ0v) is 13.5. The summed E-state index contributed by atoms with van der Waals surface area (Å²) in [5, 5.41) is 9.48. The third kappa shape index (κ3) is 2.54. The van der Waals surface area contributed by atoms with E-state index in [1.807, 2.05) is 6.92 Å². The molecule has 2 aliphatic rings. The number of hydrogen-bond donors (Lipinski definition) is 1. The third-order valence-corrected chi connectivity index (χ3v) is 6.91. The molecule has 1 aliphatic carbocycles. The lowest BCUT2D eigenvalue weighted by atomic mass is 9.84. The van der Waals surface area contributed by atoms with Gasteiger partial charge in [-0.3, -0.25) is 4.79 Å². The molecule has 1 aromatic carbocycles. The number of sulfonamides is 1. The molecule has 1 saturated heterocycles. The number of carboxylic acids is 1. The smallest absolute Gasteiger partial charge is 0.322 e. The number of rotatable bonds is 3. The normalized spacial score (nSPS) is 24.9. The van der Waals surface area contributed by atoms with Crippen molar-refractivity contribution in [3.05, 3.63) is 29.8 Å². The van der Waals surface area contributed by atoms with Crippen molar-refractivity contribution >= 4 is 16.0 Å². The van der Waals surface area contributed by atoms with Gasteiger partial charge < -0.3 is 5.11 Å². The Kier molecular flexibility index (Phi) is 3.77. The molecule has 1 aliphatic heterocycles. The number of carbonyl (C=O) groups is 1. The van der Waals surface area contributed by atoms with Crippen LogP contribution in [0.5, 0.6) is 0 Å². The summed E-state index contributed by atoms with van der Waals surface area (Å²) in [6.45, 7) is 2.22. The van der Waals surface area contributed by atoms with Gasteiger partial charge in [0.15, 0.2) is 0 Å². The fourth-order valence-corrected chi connectivity index (χ4v) is 5.51. The van der Waals surface area contributed by atoms with Gasteiger partial charge in [0.1, 0.15) is 6.04 Å². The molecule has 1 spiro atoms. The standard InChI is InChI=1S/C16H21NO4S/c1-12-4-6-13(7-5-12)22(20,21)17-11-16(8-2-3-9-16)10-14(17)15(18)19/h4-7,14H,2-3,8-11H2,1H3,(H,18,19)/t14-/m0/s1. The van der Waals surface area contributed by atoms with E-state index in [0.29, 0.717) is 13.0 Å². The van der Waals surface area contributed by atoms with Crippen molar-refractivity contribution in [1.29, 1.82) is 0 Å². The van der Waals surface area contributed by atoms with Gasteiger partial charge in [0.2, 0.25) is 10.0 Å². The lowest BCUT2D eigenvalue weighted by Crippen LogP contribution is -2.40. The van der Waals surface area contributed by atoms with Gasteiger partial charge in [-0.15, -0.1) is 0 Å². The molecule has 5 nitrogen and oxygen atoms in total. The minimum atomic E-state index is -3.76. The van der Waals surface area contributed by atoms with E-state index in [1.54, 1.807) is 24.3 Å². The van der Waals surface area contributed by atoms with E-state index in [1.165, 1.54) is 4.31 Å². The van der Waals surface area contributed by atoms with Crippen LogP contribution in [0.2, 0.25) is 0 Å². The number of aliphatic carboxylic acids is 1. The fourth-order valence-electron chi connectivity index (χ4n) is 3.81. The van der Waals surface area contributed by atoms with E-state index in [0.717, 1.165) is 31.2 Å². The topological polar surface area (TPSA) is 74.7 Å². The molecule has 0 aromatic heterocycles. The average Bonchev–Trinajstić information content (AvgIpc) is 3.08. The monoisotopic (exact) mass is 323 g/mol. The number of aryl methyl sites for hydroxylation is 1. The van der Waals surface area contributed by atoms with E-state index in [2.05, 4.69) is 0 Å². The van der Waals surface area contributed by atoms with Crippen LogP contribution in [0, 0.1) is 12.3 Å². The highest BCUT2D eigenvalue weighted by Crippen LogP contribution is 2.49. The first kappa shape index (κ1) is 15.5. The van der Waals surface area contributed by atoms with Crippen molar-refractivity contribution in [1.82, 2.24) is 4.31 Å². The minimum Gasteiger partial charge on any atom is -0.480 e. The Morgan fingerprint density at radius 3 is 2.36 bits per heavy atom. The Bertz CT molecular complexity index is 675. The van der Waals surface area contributed by atoms with Crippen LogP contribution < -0.4 is 0 Å². The van der Waals surface area contributed by atoms with Gasteiger partial charge in [0.25, 0.3) is 0 Å². The van der Waals surface area contributed by atoms with Crippen LogP contribution >= 0.6 is 0 Å². The summed E-state index contributed by atoms with van der Waals surface area (Å²) in [7, 11) is -3.76. The van der Waals surface area contributed by atoms with Gasteiger partial charge >= 0.3 is 5.97 Å². The van der Waals surface area contributed by atoms with Crippen LogP contribution in [0.4, 0.5) is 0 Å². The zero-order chi connectivity index (χ0) is 16.0. The number of hydrogen-bond acceptors (Lipinski definition) is 3. The molecule has 2 fully saturated rings. The van der Waals surface area contributed by atoms with Crippen LogP contribution in [0.3, 0.4) is 0 Å². The molecule has 0 radical (unpaired) electrons. The predicted octanol–water partition coefficient (Wildman–Crippen LogP) is 2.40. The molecule has 0 bridgehead atoms. The Morgan fingerprint density at radius 2 is 1.82 bits per heavy atom. The molecule has 120 valence electrons.